The SMILES string of the molecule is N#Cc1cnc(N)cc1N[C@@H]1CCC[C@H]1O. The Balaban J connectivity index is 2.20. The van der Waals surface area contributed by atoms with Crippen LogP contribution in [-0.2, 0) is 0 Å². The molecule has 4 N–H and O–H groups in total. The van der Waals surface area contributed by atoms with Crippen molar-refractivity contribution >= 4 is 11.5 Å². The summed E-state index contributed by atoms with van der Waals surface area (Å²) in [4.78, 5) is 3.86. The van der Waals surface area contributed by atoms with E-state index in [-0.39, 0.29) is 12.1 Å². The maximum atomic E-state index is 9.69. The molecule has 1 aliphatic rings. The topological polar surface area (TPSA) is 95.0 Å². The van der Waals surface area contributed by atoms with Crippen molar-refractivity contribution in [3.63, 3.8) is 0 Å². The van der Waals surface area contributed by atoms with Crippen LogP contribution in [0.4, 0.5) is 11.5 Å². The largest absolute Gasteiger partial charge is 0.391 e. The van der Waals surface area contributed by atoms with E-state index in [1.54, 1.807) is 6.07 Å². The van der Waals surface area contributed by atoms with Crippen LogP contribution in [0, 0.1) is 11.3 Å². The molecule has 5 nitrogen and oxygen atoms in total. The van der Waals surface area contributed by atoms with E-state index in [4.69, 9.17) is 11.0 Å². The Kier molecular flexibility index (Phi) is 2.93. The highest BCUT2D eigenvalue weighted by molar-refractivity contribution is 5.61. The lowest BCUT2D eigenvalue weighted by atomic mass is 10.1. The predicted molar refractivity (Wildman–Crippen MR) is 60.6 cm³/mol. The highest BCUT2D eigenvalue weighted by Crippen LogP contribution is 2.25. The van der Waals surface area contributed by atoms with Crippen molar-refractivity contribution in [2.45, 2.75) is 31.4 Å². The fourth-order valence-electron chi connectivity index (χ4n) is 1.99. The number of rotatable bonds is 2. The van der Waals surface area contributed by atoms with Crippen molar-refractivity contribution in [3.05, 3.63) is 17.8 Å². The van der Waals surface area contributed by atoms with Crippen molar-refractivity contribution < 1.29 is 5.11 Å². The maximum absolute atomic E-state index is 9.69. The highest BCUT2D eigenvalue weighted by Gasteiger charge is 2.25. The molecule has 1 aromatic heterocycles. The number of anilines is 2. The van der Waals surface area contributed by atoms with Crippen LogP contribution in [0.3, 0.4) is 0 Å². The molecular formula is C11H14N4O. The van der Waals surface area contributed by atoms with Gasteiger partial charge in [0, 0.05) is 12.3 Å². The molecule has 0 radical (unpaired) electrons. The first-order valence-electron chi connectivity index (χ1n) is 5.31. The normalized spacial score (nSPS) is 24.0. The van der Waals surface area contributed by atoms with Crippen molar-refractivity contribution in [2.75, 3.05) is 11.1 Å². The third kappa shape index (κ3) is 2.07. The summed E-state index contributed by atoms with van der Waals surface area (Å²) in [5.41, 5.74) is 6.67. The first kappa shape index (κ1) is 10.7. The monoisotopic (exact) mass is 218 g/mol. The van der Waals surface area contributed by atoms with E-state index in [9.17, 15) is 5.11 Å². The van der Waals surface area contributed by atoms with Crippen molar-refractivity contribution in [1.29, 1.82) is 5.26 Å². The first-order valence-corrected chi connectivity index (χ1v) is 5.31. The van der Waals surface area contributed by atoms with E-state index in [2.05, 4.69) is 10.3 Å². The smallest absolute Gasteiger partial charge is 0.125 e. The van der Waals surface area contributed by atoms with Gasteiger partial charge in [0.25, 0.3) is 0 Å². The number of aliphatic hydroxyl groups is 1. The number of nitrogens with two attached hydrogens (primary N) is 1. The second kappa shape index (κ2) is 4.37. The van der Waals surface area contributed by atoms with Crippen LogP contribution in [0.25, 0.3) is 0 Å². The molecule has 0 saturated heterocycles. The van der Waals surface area contributed by atoms with Gasteiger partial charge in [0.05, 0.1) is 23.4 Å². The van der Waals surface area contributed by atoms with Gasteiger partial charge in [0.2, 0.25) is 0 Å². The van der Waals surface area contributed by atoms with Crippen LogP contribution in [-0.4, -0.2) is 22.2 Å². The molecule has 5 heteroatoms. The number of pyridine rings is 1. The van der Waals surface area contributed by atoms with Crippen LogP contribution in [0.2, 0.25) is 0 Å². The van der Waals surface area contributed by atoms with Gasteiger partial charge in [-0.1, -0.05) is 0 Å². The van der Waals surface area contributed by atoms with Crippen molar-refractivity contribution in [3.8, 4) is 6.07 Å². The first-order chi connectivity index (χ1) is 7.70. The molecule has 0 bridgehead atoms. The number of hydrogen-bond acceptors (Lipinski definition) is 5. The Morgan fingerprint density at radius 1 is 1.56 bits per heavy atom. The number of nitrogens with one attached hydrogen (secondary N) is 1. The lowest BCUT2D eigenvalue weighted by Gasteiger charge is -2.18. The Morgan fingerprint density at radius 3 is 3.00 bits per heavy atom. The van der Waals surface area contributed by atoms with Crippen LogP contribution in [0.15, 0.2) is 12.3 Å². The van der Waals surface area contributed by atoms with Crippen LogP contribution >= 0.6 is 0 Å². The molecule has 0 amide bonds. The average Bonchev–Trinajstić information content (AvgIpc) is 2.65. The molecule has 1 heterocycles. The molecule has 2 rings (SSSR count). The number of aromatic nitrogens is 1. The summed E-state index contributed by atoms with van der Waals surface area (Å²) in [5, 5.41) is 21.8. The summed E-state index contributed by atoms with van der Waals surface area (Å²) in [6.07, 6.45) is 3.82. The number of nitrogens with zero attached hydrogens (tertiary/aromatic N) is 2. The highest BCUT2D eigenvalue weighted by atomic mass is 16.3. The summed E-state index contributed by atoms with van der Waals surface area (Å²) >= 11 is 0. The van der Waals surface area contributed by atoms with E-state index < -0.39 is 0 Å². The third-order valence-corrected chi connectivity index (χ3v) is 2.87. The van der Waals surface area contributed by atoms with E-state index in [0.717, 1.165) is 19.3 Å². The zero-order chi connectivity index (χ0) is 11.5. The van der Waals surface area contributed by atoms with Crippen LogP contribution in [0.1, 0.15) is 24.8 Å². The molecule has 1 aliphatic carbocycles. The molecule has 1 fully saturated rings. The van der Waals surface area contributed by atoms with E-state index in [1.165, 1.54) is 6.20 Å². The molecule has 84 valence electrons. The Hall–Kier alpha value is -1.80. The van der Waals surface area contributed by atoms with Crippen molar-refractivity contribution in [2.24, 2.45) is 0 Å². The number of nitrogen functional groups attached to an aromatic ring is 1. The lowest BCUT2D eigenvalue weighted by Crippen LogP contribution is -2.28. The number of nitriles is 1. The van der Waals surface area contributed by atoms with Gasteiger partial charge in [-0.15, -0.1) is 0 Å². The van der Waals surface area contributed by atoms with Gasteiger partial charge in [0.15, 0.2) is 0 Å². The van der Waals surface area contributed by atoms with Crippen LogP contribution in [0.5, 0.6) is 0 Å². The number of hydrogen-bond donors (Lipinski definition) is 3. The zero-order valence-corrected chi connectivity index (χ0v) is 8.85. The Bertz CT molecular complexity index is 426. The van der Waals surface area contributed by atoms with E-state index in [0.29, 0.717) is 17.1 Å². The summed E-state index contributed by atoms with van der Waals surface area (Å²) < 4.78 is 0. The third-order valence-electron chi connectivity index (χ3n) is 2.87. The summed E-state index contributed by atoms with van der Waals surface area (Å²) in [6, 6.07) is 3.69. The molecule has 1 aromatic rings. The van der Waals surface area contributed by atoms with E-state index >= 15 is 0 Å². The molecule has 0 spiro atoms. The molecular weight excluding hydrogens is 204 g/mol. The minimum atomic E-state index is -0.346. The van der Waals surface area contributed by atoms with Gasteiger partial charge in [-0.2, -0.15) is 5.26 Å². The molecule has 2 atom stereocenters. The second-order valence-corrected chi connectivity index (χ2v) is 4.02. The molecule has 16 heavy (non-hydrogen) atoms. The standard InChI is InChI=1S/C11H14N4O/c12-5-7-6-14-11(13)4-9(7)15-8-2-1-3-10(8)16/h4,6,8,10,16H,1-3H2,(H3,13,14,15)/t8-,10-/m1/s1. The van der Waals surface area contributed by atoms with Gasteiger partial charge in [-0.25, -0.2) is 4.98 Å². The quantitative estimate of drug-likeness (QED) is 0.684. The average molecular weight is 218 g/mol. The molecule has 0 aromatic carbocycles. The minimum absolute atomic E-state index is 0.00824. The van der Waals surface area contributed by atoms with Gasteiger partial charge in [0.1, 0.15) is 11.9 Å². The molecule has 0 unspecified atom stereocenters. The van der Waals surface area contributed by atoms with E-state index in [1.807, 2.05) is 6.07 Å². The summed E-state index contributed by atoms with van der Waals surface area (Å²) in [7, 11) is 0. The maximum Gasteiger partial charge on any atom is 0.125 e. The lowest BCUT2D eigenvalue weighted by molar-refractivity contribution is 0.172. The summed E-state index contributed by atoms with van der Waals surface area (Å²) in [5.74, 6) is 0.369. The Labute approximate surface area is 93.9 Å². The van der Waals surface area contributed by atoms with Gasteiger partial charge < -0.3 is 16.2 Å². The molecule has 0 aliphatic heterocycles. The zero-order valence-electron chi connectivity index (χ0n) is 8.85. The van der Waals surface area contributed by atoms with Crippen molar-refractivity contribution in [1.82, 2.24) is 4.98 Å². The van der Waals surface area contributed by atoms with Crippen LogP contribution < -0.4 is 11.1 Å². The van der Waals surface area contributed by atoms with Gasteiger partial charge in [-0.3, -0.25) is 0 Å². The number of aliphatic hydroxyl groups excluding tert-OH is 1. The Morgan fingerprint density at radius 2 is 2.38 bits per heavy atom. The second-order valence-electron chi connectivity index (χ2n) is 4.02. The predicted octanol–water partition coefficient (Wildman–Crippen LogP) is 0.861. The van der Waals surface area contributed by atoms with Gasteiger partial charge >= 0.3 is 0 Å². The fraction of sp³-hybridized carbons (Fsp3) is 0.455. The summed E-state index contributed by atoms with van der Waals surface area (Å²) in [6.45, 7) is 0. The molecule has 1 saturated carbocycles. The minimum Gasteiger partial charge on any atom is -0.391 e. The van der Waals surface area contributed by atoms with Gasteiger partial charge in [-0.05, 0) is 19.3 Å². The fourth-order valence-corrected chi connectivity index (χ4v) is 1.99.